The number of aryl methyl sites for hydroxylation is 2. The molecule has 0 spiro atoms. The maximum Gasteiger partial charge on any atom is 0.303 e. The van der Waals surface area contributed by atoms with Crippen molar-refractivity contribution in [1.82, 2.24) is 4.98 Å². The highest BCUT2D eigenvalue weighted by Crippen LogP contribution is 2.38. The molecule has 192 valence electrons. The number of nitrogens with one attached hydrogen (secondary N) is 2. The van der Waals surface area contributed by atoms with Crippen LogP contribution in [0.15, 0.2) is 82.6 Å². The van der Waals surface area contributed by atoms with Gasteiger partial charge in [0.25, 0.3) is 5.91 Å². The van der Waals surface area contributed by atoms with Crippen molar-refractivity contribution >= 4 is 39.1 Å². The number of carbonyl (C=O) groups is 2. The number of carboxylic acid groups (broad SMARTS) is 1. The van der Waals surface area contributed by atoms with E-state index >= 15 is 0 Å². The van der Waals surface area contributed by atoms with Crippen molar-refractivity contribution in [3.63, 3.8) is 0 Å². The second kappa shape index (κ2) is 9.79. The minimum absolute atomic E-state index is 0.0161. The zero-order chi connectivity index (χ0) is 27.0. The van der Waals surface area contributed by atoms with Gasteiger partial charge in [-0.3, -0.25) is 9.59 Å². The predicted molar refractivity (Wildman–Crippen MR) is 146 cm³/mol. The number of hydrogen-bond acceptors (Lipinski definition) is 4. The molecular weight excluding hydrogens is 500 g/mol. The van der Waals surface area contributed by atoms with Crippen LogP contribution in [-0.4, -0.2) is 30.4 Å². The molecule has 38 heavy (non-hydrogen) atoms. The van der Waals surface area contributed by atoms with Crippen molar-refractivity contribution in [1.29, 1.82) is 0 Å². The molecule has 0 atom stereocenters. The summed E-state index contributed by atoms with van der Waals surface area (Å²) in [6.07, 6.45) is 1.34. The van der Waals surface area contributed by atoms with E-state index in [1.165, 1.54) is 0 Å². The van der Waals surface area contributed by atoms with Gasteiger partial charge in [-0.2, -0.15) is 0 Å². The number of aromatic amines is 1. The lowest BCUT2D eigenvalue weighted by Gasteiger charge is -2.09. The van der Waals surface area contributed by atoms with Crippen molar-refractivity contribution in [3.8, 4) is 11.1 Å². The van der Waals surface area contributed by atoms with Gasteiger partial charge in [0, 0.05) is 29.1 Å². The van der Waals surface area contributed by atoms with E-state index in [-0.39, 0.29) is 28.5 Å². The molecule has 3 aromatic carbocycles. The highest BCUT2D eigenvalue weighted by molar-refractivity contribution is 7.91. The van der Waals surface area contributed by atoms with E-state index in [1.54, 1.807) is 37.3 Å². The lowest BCUT2D eigenvalue weighted by Crippen LogP contribution is -2.08. The molecule has 5 rings (SSSR count). The molecule has 1 aliphatic rings. The second-order valence-corrected chi connectivity index (χ2v) is 11.2. The number of anilines is 1. The molecule has 0 unspecified atom stereocenters. The third-order valence-electron chi connectivity index (χ3n) is 6.65. The van der Waals surface area contributed by atoms with Gasteiger partial charge in [0.15, 0.2) is 0 Å². The number of aromatic nitrogens is 1. The molecule has 1 aliphatic heterocycles. The van der Waals surface area contributed by atoms with Gasteiger partial charge >= 0.3 is 5.97 Å². The summed E-state index contributed by atoms with van der Waals surface area (Å²) >= 11 is 0. The summed E-state index contributed by atoms with van der Waals surface area (Å²) in [5.41, 5.74) is 5.70. The van der Waals surface area contributed by atoms with E-state index in [1.807, 2.05) is 55.5 Å². The van der Waals surface area contributed by atoms with Gasteiger partial charge in [-0.15, -0.1) is 0 Å². The Labute approximate surface area is 220 Å². The molecule has 2 heterocycles. The van der Waals surface area contributed by atoms with Gasteiger partial charge in [-0.1, -0.05) is 54.1 Å². The minimum Gasteiger partial charge on any atom is -0.481 e. The van der Waals surface area contributed by atoms with E-state index in [0.29, 0.717) is 33.8 Å². The number of sulfone groups is 1. The Hall–Kier alpha value is -4.43. The molecule has 0 saturated heterocycles. The lowest BCUT2D eigenvalue weighted by atomic mass is 9.98. The quantitative estimate of drug-likeness (QED) is 0.270. The van der Waals surface area contributed by atoms with E-state index in [2.05, 4.69) is 10.3 Å². The minimum atomic E-state index is -3.95. The Kier molecular flexibility index (Phi) is 6.50. The average molecular weight is 527 g/mol. The van der Waals surface area contributed by atoms with Crippen LogP contribution in [-0.2, 0) is 25.8 Å². The maximum absolute atomic E-state index is 13.7. The Balaban J connectivity index is 1.65. The molecule has 0 fully saturated rings. The number of H-pyrrole nitrogens is 1. The summed E-state index contributed by atoms with van der Waals surface area (Å²) in [7, 11) is -3.95. The van der Waals surface area contributed by atoms with Crippen LogP contribution >= 0.6 is 0 Å². The smallest absolute Gasteiger partial charge is 0.303 e. The zero-order valence-electron chi connectivity index (χ0n) is 20.9. The number of fused-ring (bicyclic) bond motifs is 1. The largest absolute Gasteiger partial charge is 0.481 e. The first-order valence-electron chi connectivity index (χ1n) is 12.1. The van der Waals surface area contributed by atoms with Gasteiger partial charge < -0.3 is 15.4 Å². The molecule has 4 aromatic rings. The Bertz CT molecular complexity index is 1700. The molecule has 0 saturated carbocycles. The van der Waals surface area contributed by atoms with Crippen LogP contribution in [0.5, 0.6) is 0 Å². The average Bonchev–Trinajstić information content (AvgIpc) is 3.38. The Morgan fingerprint density at radius 1 is 0.947 bits per heavy atom. The number of hydrogen-bond donors (Lipinski definition) is 3. The van der Waals surface area contributed by atoms with Crippen LogP contribution in [0, 0.1) is 13.8 Å². The van der Waals surface area contributed by atoms with Crippen molar-refractivity contribution in [2.45, 2.75) is 36.5 Å². The zero-order valence-corrected chi connectivity index (χ0v) is 21.7. The third kappa shape index (κ3) is 4.66. The topological polar surface area (TPSA) is 116 Å². The standard InChI is InChI=1S/C30H26N2O5S/c1-18-8-11-22(12-9-18)38(36,37)29-19(2)31-27(23(29)13-15-28(33)34)17-25-24-16-21(20-6-4-3-5-7-20)10-14-26(24)32-30(25)35/h3-12,14,16-17,31H,13,15H2,1-2H3,(H,32,35)(H,33,34)/b25-17-. The molecule has 0 aliphatic carbocycles. The number of carbonyl (C=O) groups excluding carboxylic acids is 1. The van der Waals surface area contributed by atoms with Gasteiger partial charge in [-0.25, -0.2) is 8.42 Å². The highest BCUT2D eigenvalue weighted by Gasteiger charge is 2.30. The maximum atomic E-state index is 13.7. The van der Waals surface area contributed by atoms with Crippen LogP contribution in [0.2, 0.25) is 0 Å². The van der Waals surface area contributed by atoms with E-state index in [0.717, 1.165) is 16.7 Å². The second-order valence-electron chi connectivity index (χ2n) is 9.32. The summed E-state index contributed by atoms with van der Waals surface area (Å²) < 4.78 is 27.4. The summed E-state index contributed by atoms with van der Waals surface area (Å²) in [5, 5.41) is 12.2. The molecule has 1 aromatic heterocycles. The first-order valence-corrected chi connectivity index (χ1v) is 13.6. The van der Waals surface area contributed by atoms with E-state index in [4.69, 9.17) is 0 Å². The van der Waals surface area contributed by atoms with E-state index < -0.39 is 15.8 Å². The predicted octanol–water partition coefficient (Wildman–Crippen LogP) is 5.64. The lowest BCUT2D eigenvalue weighted by molar-refractivity contribution is -0.137. The molecule has 3 N–H and O–H groups in total. The van der Waals surface area contributed by atoms with Crippen molar-refractivity contribution in [2.24, 2.45) is 0 Å². The van der Waals surface area contributed by atoms with E-state index in [9.17, 15) is 23.1 Å². The van der Waals surface area contributed by atoms with Gasteiger partial charge in [0.2, 0.25) is 9.84 Å². The molecule has 0 radical (unpaired) electrons. The molecule has 8 heteroatoms. The molecular formula is C30H26N2O5S. The van der Waals surface area contributed by atoms with Crippen LogP contribution in [0.25, 0.3) is 22.8 Å². The van der Waals surface area contributed by atoms with Crippen molar-refractivity contribution in [2.75, 3.05) is 5.32 Å². The summed E-state index contributed by atoms with van der Waals surface area (Å²) in [6, 6.07) is 22.0. The fourth-order valence-electron chi connectivity index (χ4n) is 4.77. The summed E-state index contributed by atoms with van der Waals surface area (Å²) in [4.78, 5) is 27.7. The normalized spacial score (nSPS) is 13.9. The first-order chi connectivity index (χ1) is 18.1. The number of benzene rings is 3. The fraction of sp³-hybridized carbons (Fsp3) is 0.133. The SMILES string of the molecule is Cc1ccc(S(=O)(=O)c2c(C)[nH]c(/C=C3\C(=O)Nc4ccc(-c5ccccc5)cc43)c2CCC(=O)O)cc1. The highest BCUT2D eigenvalue weighted by atomic mass is 32.2. The summed E-state index contributed by atoms with van der Waals surface area (Å²) in [6.45, 7) is 3.51. The molecule has 7 nitrogen and oxygen atoms in total. The van der Waals surface area contributed by atoms with Crippen LogP contribution in [0.1, 0.15) is 34.5 Å². The molecule has 1 amide bonds. The van der Waals surface area contributed by atoms with Crippen LogP contribution < -0.4 is 5.32 Å². The van der Waals surface area contributed by atoms with Crippen LogP contribution in [0.4, 0.5) is 5.69 Å². The number of rotatable bonds is 7. The van der Waals surface area contributed by atoms with Crippen molar-refractivity contribution in [3.05, 3.63) is 101 Å². The third-order valence-corrected chi connectivity index (χ3v) is 8.63. The molecule has 0 bridgehead atoms. The Morgan fingerprint density at radius 3 is 2.34 bits per heavy atom. The van der Waals surface area contributed by atoms with Gasteiger partial charge in [0.1, 0.15) is 0 Å². The Morgan fingerprint density at radius 2 is 1.66 bits per heavy atom. The number of amides is 1. The number of carboxylic acids is 1. The monoisotopic (exact) mass is 526 g/mol. The first kappa shape index (κ1) is 25.2. The van der Waals surface area contributed by atoms with Gasteiger partial charge in [-0.05, 0) is 67.3 Å². The fourth-order valence-corrected chi connectivity index (χ4v) is 6.49. The van der Waals surface area contributed by atoms with Crippen LogP contribution in [0.3, 0.4) is 0 Å². The van der Waals surface area contributed by atoms with Gasteiger partial charge in [0.05, 0.1) is 15.4 Å². The number of aliphatic carboxylic acids is 1. The van der Waals surface area contributed by atoms with Crippen molar-refractivity contribution < 1.29 is 23.1 Å². The summed E-state index contributed by atoms with van der Waals surface area (Å²) in [5.74, 6) is -1.36.